The van der Waals surface area contributed by atoms with E-state index in [-0.39, 0.29) is 24.6 Å². The Kier molecular flexibility index (Phi) is 6.11. The van der Waals surface area contributed by atoms with Crippen molar-refractivity contribution < 1.29 is 14.3 Å². The molecule has 18 heavy (non-hydrogen) atoms. The van der Waals surface area contributed by atoms with E-state index in [1.54, 1.807) is 12.5 Å². The predicted octanol–water partition coefficient (Wildman–Crippen LogP) is 2.21. The molecule has 5 heteroatoms. The summed E-state index contributed by atoms with van der Waals surface area (Å²) in [6.45, 7) is 5.15. The third-order valence-corrected chi connectivity index (χ3v) is 2.49. The molecule has 0 saturated heterocycles. The van der Waals surface area contributed by atoms with Crippen LogP contribution in [0.25, 0.3) is 0 Å². The molecular formula is C13H20N2O3. The van der Waals surface area contributed by atoms with E-state index < -0.39 is 0 Å². The highest BCUT2D eigenvalue weighted by Gasteiger charge is 2.13. The molecule has 1 rings (SSSR count). The average molecular weight is 252 g/mol. The average Bonchev–Trinajstić information content (AvgIpc) is 2.82. The van der Waals surface area contributed by atoms with Gasteiger partial charge >= 0.3 is 5.97 Å². The summed E-state index contributed by atoms with van der Waals surface area (Å²) in [7, 11) is 0. The third kappa shape index (κ3) is 4.31. The van der Waals surface area contributed by atoms with Crippen molar-refractivity contribution in [2.24, 2.45) is 0 Å². The zero-order chi connectivity index (χ0) is 13.4. The van der Waals surface area contributed by atoms with E-state index in [1.807, 2.05) is 18.4 Å². The largest absolute Gasteiger partial charge is 0.466 e. The molecule has 5 nitrogen and oxygen atoms in total. The fourth-order valence-corrected chi connectivity index (χ4v) is 1.60. The number of carbonyl (C=O) groups is 2. The number of imidazole rings is 1. The molecule has 0 unspecified atom stereocenters. The van der Waals surface area contributed by atoms with Gasteiger partial charge < -0.3 is 9.30 Å². The van der Waals surface area contributed by atoms with Gasteiger partial charge in [0.1, 0.15) is 5.69 Å². The molecule has 0 amide bonds. The molecule has 1 heterocycles. The Bertz CT molecular complexity index is 399. The molecule has 0 aromatic carbocycles. The zero-order valence-electron chi connectivity index (χ0n) is 11.0. The SMILES string of the molecule is CCCOC(=O)CCC(=O)c1cncn1CCC. The first-order valence-corrected chi connectivity index (χ1v) is 6.38. The van der Waals surface area contributed by atoms with Crippen LogP contribution in [0.3, 0.4) is 0 Å². The Morgan fingerprint density at radius 1 is 1.28 bits per heavy atom. The van der Waals surface area contributed by atoms with Gasteiger partial charge in [-0.3, -0.25) is 9.59 Å². The number of aryl methyl sites for hydroxylation is 1. The first-order chi connectivity index (χ1) is 8.69. The second-order valence-electron chi connectivity index (χ2n) is 4.12. The lowest BCUT2D eigenvalue weighted by Gasteiger charge is -2.05. The summed E-state index contributed by atoms with van der Waals surface area (Å²) in [5, 5.41) is 0. The summed E-state index contributed by atoms with van der Waals surface area (Å²) in [5.41, 5.74) is 0.570. The first-order valence-electron chi connectivity index (χ1n) is 6.38. The molecule has 0 aliphatic heterocycles. The van der Waals surface area contributed by atoms with Gasteiger partial charge in [0.25, 0.3) is 0 Å². The molecule has 0 N–H and O–H groups in total. The number of ketones is 1. The number of carbonyl (C=O) groups excluding carboxylic acids is 2. The maximum Gasteiger partial charge on any atom is 0.306 e. The lowest BCUT2D eigenvalue weighted by Crippen LogP contribution is -2.12. The molecule has 0 spiro atoms. The third-order valence-electron chi connectivity index (χ3n) is 2.49. The van der Waals surface area contributed by atoms with Crippen LogP contribution in [0.2, 0.25) is 0 Å². The highest BCUT2D eigenvalue weighted by Crippen LogP contribution is 2.07. The van der Waals surface area contributed by atoms with Gasteiger partial charge in [-0.25, -0.2) is 4.98 Å². The minimum absolute atomic E-state index is 0.0607. The Morgan fingerprint density at radius 2 is 2.06 bits per heavy atom. The summed E-state index contributed by atoms with van der Waals surface area (Å²) in [5.74, 6) is -0.374. The number of hydrogen-bond donors (Lipinski definition) is 0. The van der Waals surface area contributed by atoms with Crippen molar-refractivity contribution in [3.8, 4) is 0 Å². The van der Waals surface area contributed by atoms with Gasteiger partial charge in [0.2, 0.25) is 0 Å². The quantitative estimate of drug-likeness (QED) is 0.525. The highest BCUT2D eigenvalue weighted by atomic mass is 16.5. The van der Waals surface area contributed by atoms with E-state index in [0.717, 1.165) is 19.4 Å². The van der Waals surface area contributed by atoms with Crippen molar-refractivity contribution in [3.05, 3.63) is 18.2 Å². The number of aromatic nitrogens is 2. The van der Waals surface area contributed by atoms with Gasteiger partial charge in [0, 0.05) is 13.0 Å². The minimum atomic E-state index is -0.313. The van der Waals surface area contributed by atoms with Crippen molar-refractivity contribution in [1.82, 2.24) is 9.55 Å². The van der Waals surface area contributed by atoms with Crippen LogP contribution in [-0.2, 0) is 16.1 Å². The van der Waals surface area contributed by atoms with Crippen LogP contribution in [0.4, 0.5) is 0 Å². The number of hydrogen-bond acceptors (Lipinski definition) is 4. The fraction of sp³-hybridized carbons (Fsp3) is 0.615. The molecule has 0 aliphatic rings. The van der Waals surface area contributed by atoms with Crippen LogP contribution in [-0.4, -0.2) is 27.9 Å². The predicted molar refractivity (Wildman–Crippen MR) is 67.3 cm³/mol. The molecule has 0 bridgehead atoms. The number of nitrogens with zero attached hydrogens (tertiary/aromatic N) is 2. The Balaban J connectivity index is 2.45. The Morgan fingerprint density at radius 3 is 2.72 bits per heavy atom. The Labute approximate surface area is 107 Å². The maximum atomic E-state index is 11.9. The molecular weight excluding hydrogens is 232 g/mol. The number of rotatable bonds is 8. The summed E-state index contributed by atoms with van der Waals surface area (Å²) in [6, 6.07) is 0. The highest BCUT2D eigenvalue weighted by molar-refractivity contribution is 5.95. The zero-order valence-corrected chi connectivity index (χ0v) is 11.0. The fourth-order valence-electron chi connectivity index (χ4n) is 1.60. The minimum Gasteiger partial charge on any atom is -0.466 e. The van der Waals surface area contributed by atoms with Gasteiger partial charge in [-0.2, -0.15) is 0 Å². The second-order valence-corrected chi connectivity index (χ2v) is 4.12. The summed E-state index contributed by atoms with van der Waals surface area (Å²) in [4.78, 5) is 27.2. The summed E-state index contributed by atoms with van der Waals surface area (Å²) < 4.78 is 6.74. The van der Waals surface area contributed by atoms with E-state index in [9.17, 15) is 9.59 Å². The second kappa shape index (κ2) is 7.63. The molecule has 0 radical (unpaired) electrons. The molecule has 1 aromatic heterocycles. The standard InChI is InChI=1S/C13H20N2O3/c1-3-7-15-10-14-9-11(15)12(16)5-6-13(17)18-8-4-2/h9-10H,3-8H2,1-2H3. The van der Waals surface area contributed by atoms with Crippen LogP contribution < -0.4 is 0 Å². The normalized spacial score (nSPS) is 10.3. The molecule has 0 fully saturated rings. The van der Waals surface area contributed by atoms with E-state index in [4.69, 9.17) is 4.74 Å². The van der Waals surface area contributed by atoms with Gasteiger partial charge in [-0.1, -0.05) is 13.8 Å². The topological polar surface area (TPSA) is 61.2 Å². The summed E-state index contributed by atoms with van der Waals surface area (Å²) >= 11 is 0. The van der Waals surface area contributed by atoms with Gasteiger partial charge in [-0.15, -0.1) is 0 Å². The monoisotopic (exact) mass is 252 g/mol. The number of Topliss-reactive ketones (excluding diaryl/α,β-unsaturated/α-hetero) is 1. The van der Waals surface area contributed by atoms with E-state index in [2.05, 4.69) is 4.98 Å². The van der Waals surface area contributed by atoms with Crippen molar-refractivity contribution in [1.29, 1.82) is 0 Å². The van der Waals surface area contributed by atoms with Gasteiger partial charge in [0.15, 0.2) is 5.78 Å². The van der Waals surface area contributed by atoms with Crippen LogP contribution >= 0.6 is 0 Å². The lowest BCUT2D eigenvalue weighted by molar-refractivity contribution is -0.143. The van der Waals surface area contributed by atoms with E-state index in [0.29, 0.717) is 12.3 Å². The van der Waals surface area contributed by atoms with Crippen molar-refractivity contribution >= 4 is 11.8 Å². The van der Waals surface area contributed by atoms with Crippen LogP contribution in [0.15, 0.2) is 12.5 Å². The number of ether oxygens (including phenoxy) is 1. The van der Waals surface area contributed by atoms with Crippen LogP contribution in [0, 0.1) is 0 Å². The van der Waals surface area contributed by atoms with Crippen molar-refractivity contribution in [2.75, 3.05) is 6.61 Å². The molecule has 0 aliphatic carbocycles. The lowest BCUT2D eigenvalue weighted by atomic mass is 10.2. The maximum absolute atomic E-state index is 11.9. The smallest absolute Gasteiger partial charge is 0.306 e. The van der Waals surface area contributed by atoms with Gasteiger partial charge in [0.05, 0.1) is 25.6 Å². The molecule has 0 saturated carbocycles. The first kappa shape index (κ1) is 14.4. The van der Waals surface area contributed by atoms with E-state index >= 15 is 0 Å². The van der Waals surface area contributed by atoms with Crippen LogP contribution in [0.1, 0.15) is 50.0 Å². The molecule has 1 aromatic rings. The van der Waals surface area contributed by atoms with Gasteiger partial charge in [-0.05, 0) is 12.8 Å². The van der Waals surface area contributed by atoms with Crippen molar-refractivity contribution in [2.45, 2.75) is 46.1 Å². The summed E-state index contributed by atoms with van der Waals surface area (Å²) in [6.07, 6.45) is 5.24. The van der Waals surface area contributed by atoms with E-state index in [1.165, 1.54) is 0 Å². The van der Waals surface area contributed by atoms with Crippen LogP contribution in [0.5, 0.6) is 0 Å². The molecule has 100 valence electrons. The molecule has 0 atom stereocenters. The Hall–Kier alpha value is -1.65. The van der Waals surface area contributed by atoms with Crippen molar-refractivity contribution in [3.63, 3.8) is 0 Å². The number of esters is 1.